The van der Waals surface area contributed by atoms with Crippen LogP contribution in [0.4, 0.5) is 0 Å². The van der Waals surface area contributed by atoms with Crippen LogP contribution in [0.15, 0.2) is 18.2 Å². The first-order valence-corrected chi connectivity index (χ1v) is 7.46. The summed E-state index contributed by atoms with van der Waals surface area (Å²) in [6, 6.07) is 5.97. The molecule has 1 aromatic rings. The van der Waals surface area contributed by atoms with Crippen molar-refractivity contribution in [2.75, 3.05) is 13.7 Å². The zero-order valence-corrected chi connectivity index (χ0v) is 12.5. The van der Waals surface area contributed by atoms with Crippen LogP contribution >= 0.6 is 0 Å². The summed E-state index contributed by atoms with van der Waals surface area (Å²) in [5.74, 6) is 1.07. The lowest BCUT2D eigenvalue weighted by Gasteiger charge is -2.22. The Bertz CT molecular complexity index is 448. The van der Waals surface area contributed by atoms with Gasteiger partial charge in [0.2, 0.25) is 0 Å². The predicted octanol–water partition coefficient (Wildman–Crippen LogP) is 3.46. The molecule has 0 bridgehead atoms. The van der Waals surface area contributed by atoms with Gasteiger partial charge in [-0.05, 0) is 38.7 Å². The molecule has 0 radical (unpaired) electrons. The van der Waals surface area contributed by atoms with Crippen LogP contribution in [0.5, 0.6) is 5.75 Å². The van der Waals surface area contributed by atoms with Crippen LogP contribution in [0, 0.1) is 6.92 Å². The number of hydrogen-bond donors (Lipinski definition) is 0. The number of hydrogen-bond acceptors (Lipinski definition) is 3. The van der Waals surface area contributed by atoms with Gasteiger partial charge in [-0.3, -0.25) is 4.79 Å². The Morgan fingerprint density at radius 2 is 2.25 bits per heavy atom. The molecule has 0 N–H and O–H groups in total. The maximum atomic E-state index is 12.1. The van der Waals surface area contributed by atoms with Gasteiger partial charge in [0.15, 0.2) is 0 Å². The van der Waals surface area contributed by atoms with E-state index in [-0.39, 0.29) is 11.9 Å². The van der Waals surface area contributed by atoms with Crippen molar-refractivity contribution in [1.29, 1.82) is 0 Å². The summed E-state index contributed by atoms with van der Waals surface area (Å²) in [5, 5.41) is 0. The number of Topliss-reactive ketones (excluding diaryl/α,β-unsaturated/α-hetero) is 1. The Morgan fingerprint density at radius 1 is 1.40 bits per heavy atom. The third-order valence-electron chi connectivity index (χ3n) is 3.84. The van der Waals surface area contributed by atoms with E-state index in [1.807, 2.05) is 25.1 Å². The van der Waals surface area contributed by atoms with Gasteiger partial charge < -0.3 is 9.47 Å². The molecule has 1 aromatic carbocycles. The fraction of sp³-hybridized carbons (Fsp3) is 0.588. The molecule has 1 aliphatic heterocycles. The number of rotatable bonds is 6. The Labute approximate surface area is 121 Å². The SMILES string of the molecule is COc1ccc(C)cc1CC(=O)CCC1CCCCO1. The molecule has 0 aliphatic carbocycles. The Kier molecular flexibility index (Phi) is 5.60. The molecule has 1 heterocycles. The normalized spacial score (nSPS) is 18.8. The second kappa shape index (κ2) is 7.44. The molecular weight excluding hydrogens is 252 g/mol. The van der Waals surface area contributed by atoms with E-state index in [9.17, 15) is 4.79 Å². The smallest absolute Gasteiger partial charge is 0.137 e. The van der Waals surface area contributed by atoms with E-state index in [4.69, 9.17) is 9.47 Å². The van der Waals surface area contributed by atoms with Gasteiger partial charge in [-0.2, -0.15) is 0 Å². The fourth-order valence-corrected chi connectivity index (χ4v) is 2.70. The topological polar surface area (TPSA) is 35.5 Å². The summed E-state index contributed by atoms with van der Waals surface area (Å²) in [5.41, 5.74) is 2.14. The molecule has 1 saturated heterocycles. The molecule has 1 aliphatic rings. The molecule has 1 fully saturated rings. The van der Waals surface area contributed by atoms with Crippen molar-refractivity contribution in [3.8, 4) is 5.75 Å². The molecule has 0 aromatic heterocycles. The zero-order valence-electron chi connectivity index (χ0n) is 12.5. The molecule has 0 amide bonds. The number of methoxy groups -OCH3 is 1. The van der Waals surface area contributed by atoms with Gasteiger partial charge in [0.05, 0.1) is 13.2 Å². The average molecular weight is 276 g/mol. The average Bonchev–Trinajstić information content (AvgIpc) is 2.46. The summed E-state index contributed by atoms with van der Waals surface area (Å²) >= 11 is 0. The molecule has 1 atom stereocenters. The van der Waals surface area contributed by atoms with Gasteiger partial charge >= 0.3 is 0 Å². The molecule has 2 rings (SSSR count). The molecule has 3 nitrogen and oxygen atoms in total. The molecule has 3 heteroatoms. The molecular formula is C17H24O3. The lowest BCUT2D eigenvalue weighted by Crippen LogP contribution is -2.20. The first-order chi connectivity index (χ1) is 9.69. The second-order valence-electron chi connectivity index (χ2n) is 5.56. The Hall–Kier alpha value is -1.35. The summed E-state index contributed by atoms with van der Waals surface area (Å²) < 4.78 is 11.0. The van der Waals surface area contributed by atoms with Crippen molar-refractivity contribution in [1.82, 2.24) is 0 Å². The van der Waals surface area contributed by atoms with Crippen molar-refractivity contribution in [2.45, 2.75) is 51.6 Å². The van der Waals surface area contributed by atoms with Crippen molar-refractivity contribution in [2.24, 2.45) is 0 Å². The minimum Gasteiger partial charge on any atom is -0.496 e. The largest absolute Gasteiger partial charge is 0.496 e. The monoisotopic (exact) mass is 276 g/mol. The predicted molar refractivity (Wildman–Crippen MR) is 79.3 cm³/mol. The number of carbonyl (C=O) groups excluding carboxylic acids is 1. The first kappa shape index (κ1) is 15.0. The Balaban J connectivity index is 1.86. The zero-order chi connectivity index (χ0) is 14.4. The minimum absolute atomic E-state index is 0.267. The number of ketones is 1. The van der Waals surface area contributed by atoms with Crippen molar-refractivity contribution in [3.05, 3.63) is 29.3 Å². The van der Waals surface area contributed by atoms with Gasteiger partial charge in [0, 0.05) is 25.0 Å². The third kappa shape index (κ3) is 4.34. The lowest BCUT2D eigenvalue weighted by molar-refractivity contribution is -0.119. The van der Waals surface area contributed by atoms with Crippen LogP contribution in [-0.2, 0) is 16.0 Å². The van der Waals surface area contributed by atoms with Crippen LogP contribution in [0.25, 0.3) is 0 Å². The highest BCUT2D eigenvalue weighted by molar-refractivity contribution is 5.81. The van der Waals surface area contributed by atoms with E-state index in [0.29, 0.717) is 12.8 Å². The highest BCUT2D eigenvalue weighted by atomic mass is 16.5. The van der Waals surface area contributed by atoms with E-state index in [1.165, 1.54) is 6.42 Å². The van der Waals surface area contributed by atoms with Gasteiger partial charge in [-0.15, -0.1) is 0 Å². The van der Waals surface area contributed by atoms with Crippen molar-refractivity contribution in [3.63, 3.8) is 0 Å². The van der Waals surface area contributed by atoms with E-state index in [2.05, 4.69) is 0 Å². The van der Waals surface area contributed by atoms with E-state index in [1.54, 1.807) is 7.11 Å². The highest BCUT2D eigenvalue weighted by Crippen LogP contribution is 2.22. The highest BCUT2D eigenvalue weighted by Gasteiger charge is 2.16. The van der Waals surface area contributed by atoms with Crippen molar-refractivity contribution < 1.29 is 14.3 Å². The summed E-state index contributed by atoms with van der Waals surface area (Å²) in [7, 11) is 1.65. The number of aryl methyl sites for hydroxylation is 1. The number of benzene rings is 1. The van der Waals surface area contributed by atoms with Gasteiger partial charge in [-0.25, -0.2) is 0 Å². The standard InChI is InChI=1S/C17H24O3/c1-13-6-9-17(19-2)14(11-13)12-15(18)7-8-16-5-3-4-10-20-16/h6,9,11,16H,3-5,7-8,10,12H2,1-2H3. The maximum Gasteiger partial charge on any atom is 0.137 e. The first-order valence-electron chi connectivity index (χ1n) is 7.46. The van der Waals surface area contributed by atoms with E-state index in [0.717, 1.165) is 42.7 Å². The van der Waals surface area contributed by atoms with Crippen LogP contribution in [0.2, 0.25) is 0 Å². The fourth-order valence-electron chi connectivity index (χ4n) is 2.70. The lowest BCUT2D eigenvalue weighted by atomic mass is 9.99. The van der Waals surface area contributed by atoms with Crippen LogP contribution in [-0.4, -0.2) is 25.6 Å². The maximum absolute atomic E-state index is 12.1. The summed E-state index contributed by atoms with van der Waals surface area (Å²) in [6.45, 7) is 2.88. The van der Waals surface area contributed by atoms with E-state index >= 15 is 0 Å². The molecule has 110 valence electrons. The molecule has 0 saturated carbocycles. The summed E-state index contributed by atoms with van der Waals surface area (Å²) in [6.07, 6.45) is 5.68. The molecule has 20 heavy (non-hydrogen) atoms. The molecule has 1 unspecified atom stereocenters. The number of ether oxygens (including phenoxy) is 2. The van der Waals surface area contributed by atoms with Crippen molar-refractivity contribution >= 4 is 5.78 Å². The third-order valence-corrected chi connectivity index (χ3v) is 3.84. The van der Waals surface area contributed by atoms with E-state index < -0.39 is 0 Å². The van der Waals surface area contributed by atoms with Crippen LogP contribution in [0.3, 0.4) is 0 Å². The number of carbonyl (C=O) groups is 1. The quantitative estimate of drug-likeness (QED) is 0.798. The molecule has 0 spiro atoms. The second-order valence-corrected chi connectivity index (χ2v) is 5.56. The van der Waals surface area contributed by atoms with Gasteiger partial charge in [0.25, 0.3) is 0 Å². The van der Waals surface area contributed by atoms with Crippen LogP contribution < -0.4 is 4.74 Å². The van der Waals surface area contributed by atoms with Crippen LogP contribution in [0.1, 0.15) is 43.2 Å². The minimum atomic E-state index is 0.267. The summed E-state index contributed by atoms with van der Waals surface area (Å²) in [4.78, 5) is 12.1. The Morgan fingerprint density at radius 3 is 2.95 bits per heavy atom. The van der Waals surface area contributed by atoms with Gasteiger partial charge in [0.1, 0.15) is 11.5 Å². The van der Waals surface area contributed by atoms with Gasteiger partial charge in [-0.1, -0.05) is 17.7 Å².